The number of nitrogen functional groups attached to an aromatic ring is 1. The minimum atomic E-state index is -0.813. The van der Waals surface area contributed by atoms with Crippen molar-refractivity contribution in [1.82, 2.24) is 9.55 Å². The predicted octanol–water partition coefficient (Wildman–Crippen LogP) is 4.69. The number of rotatable bonds is 3. The zero-order valence-corrected chi connectivity index (χ0v) is 15.3. The molecule has 0 aliphatic carbocycles. The van der Waals surface area contributed by atoms with Crippen molar-refractivity contribution in [3.05, 3.63) is 81.2 Å². The monoisotopic (exact) mass is 403 g/mol. The van der Waals surface area contributed by atoms with Gasteiger partial charge in [-0.1, -0.05) is 35.1 Å². The number of aromatic nitrogens is 2. The van der Waals surface area contributed by atoms with Crippen LogP contribution in [0.15, 0.2) is 53.6 Å². The summed E-state index contributed by atoms with van der Waals surface area (Å²) in [5, 5.41) is 0.801. The number of hydrogen-bond donors (Lipinski definition) is 1. The molecular formula is C19H12ClF2N3OS. The van der Waals surface area contributed by atoms with Gasteiger partial charge >= 0.3 is 0 Å². The van der Waals surface area contributed by atoms with E-state index in [4.69, 9.17) is 17.3 Å². The van der Waals surface area contributed by atoms with Crippen LogP contribution in [0.3, 0.4) is 0 Å². The molecule has 0 fully saturated rings. The molecule has 0 unspecified atom stereocenters. The van der Waals surface area contributed by atoms with Crippen LogP contribution in [-0.2, 0) is 6.54 Å². The van der Waals surface area contributed by atoms with Crippen LogP contribution in [0.1, 0.15) is 5.56 Å². The SMILES string of the molecule is Nc1ncc(-c2cn(Cc3cccc(Cl)c3)c3c(F)cc(F)cc3c2=O)s1. The first kappa shape index (κ1) is 17.6. The van der Waals surface area contributed by atoms with Crippen LogP contribution < -0.4 is 11.2 Å². The zero-order valence-electron chi connectivity index (χ0n) is 13.7. The van der Waals surface area contributed by atoms with E-state index in [0.717, 1.165) is 29.0 Å². The molecule has 0 saturated carbocycles. The Bertz CT molecular complexity index is 1240. The largest absolute Gasteiger partial charge is 0.375 e. The third kappa shape index (κ3) is 3.31. The lowest BCUT2D eigenvalue weighted by Gasteiger charge is -2.14. The molecule has 2 aromatic heterocycles. The van der Waals surface area contributed by atoms with Crippen molar-refractivity contribution in [3.8, 4) is 10.4 Å². The Hall–Kier alpha value is -2.77. The molecule has 4 rings (SSSR count). The second-order valence-electron chi connectivity index (χ2n) is 5.98. The predicted molar refractivity (Wildman–Crippen MR) is 104 cm³/mol. The Morgan fingerprint density at radius 1 is 1.22 bits per heavy atom. The highest BCUT2D eigenvalue weighted by Crippen LogP contribution is 2.28. The maximum Gasteiger partial charge on any atom is 0.198 e. The number of benzene rings is 2. The second-order valence-corrected chi connectivity index (χ2v) is 7.47. The molecule has 2 N–H and O–H groups in total. The first-order valence-electron chi connectivity index (χ1n) is 7.90. The Labute approximate surface area is 161 Å². The maximum atomic E-state index is 14.6. The van der Waals surface area contributed by atoms with Crippen LogP contribution >= 0.6 is 22.9 Å². The van der Waals surface area contributed by atoms with E-state index in [1.165, 1.54) is 6.20 Å². The number of halogens is 3. The summed E-state index contributed by atoms with van der Waals surface area (Å²) >= 11 is 7.17. The first-order chi connectivity index (χ1) is 12.9. The standard InChI is InChI=1S/C19H12ClF2N3OS/c20-11-3-1-2-10(4-11)8-25-9-14(16-7-24-19(23)27-16)18(26)13-5-12(21)6-15(22)17(13)25/h1-7,9H,8H2,(H2,23,24). The molecule has 0 saturated heterocycles. The number of nitrogens with zero attached hydrogens (tertiary/aromatic N) is 2. The van der Waals surface area contributed by atoms with Crippen molar-refractivity contribution in [3.63, 3.8) is 0 Å². The highest BCUT2D eigenvalue weighted by molar-refractivity contribution is 7.18. The zero-order chi connectivity index (χ0) is 19.1. The average Bonchev–Trinajstić information content (AvgIpc) is 3.03. The number of thiazole rings is 1. The fourth-order valence-electron chi connectivity index (χ4n) is 3.00. The molecule has 0 atom stereocenters. The summed E-state index contributed by atoms with van der Waals surface area (Å²) in [4.78, 5) is 17.4. The van der Waals surface area contributed by atoms with Crippen LogP contribution in [-0.4, -0.2) is 9.55 Å². The van der Waals surface area contributed by atoms with E-state index in [9.17, 15) is 13.6 Å². The third-order valence-electron chi connectivity index (χ3n) is 4.12. The number of pyridine rings is 1. The minimum Gasteiger partial charge on any atom is -0.375 e. The van der Waals surface area contributed by atoms with Gasteiger partial charge in [0.2, 0.25) is 0 Å². The van der Waals surface area contributed by atoms with Gasteiger partial charge in [-0.3, -0.25) is 4.79 Å². The maximum absolute atomic E-state index is 14.6. The van der Waals surface area contributed by atoms with E-state index in [2.05, 4.69) is 4.98 Å². The summed E-state index contributed by atoms with van der Waals surface area (Å²) in [6.07, 6.45) is 3.02. The number of fused-ring (bicyclic) bond motifs is 1. The molecule has 2 aromatic carbocycles. The molecule has 0 bridgehead atoms. The third-order valence-corrected chi connectivity index (χ3v) is 5.22. The van der Waals surface area contributed by atoms with Crippen molar-refractivity contribution in [1.29, 1.82) is 0 Å². The molecule has 0 amide bonds. The van der Waals surface area contributed by atoms with E-state index in [1.807, 2.05) is 6.07 Å². The Morgan fingerprint density at radius 2 is 2.04 bits per heavy atom. The summed E-state index contributed by atoms with van der Waals surface area (Å²) in [6, 6.07) is 8.90. The lowest BCUT2D eigenvalue weighted by atomic mass is 10.1. The molecule has 4 aromatic rings. The molecule has 0 spiro atoms. The summed E-state index contributed by atoms with van der Waals surface area (Å²) in [6.45, 7) is 0.251. The number of nitrogens with two attached hydrogens (primary N) is 1. The Balaban J connectivity index is 2.01. The lowest BCUT2D eigenvalue weighted by molar-refractivity contribution is 0.585. The van der Waals surface area contributed by atoms with Gasteiger partial charge in [-0.25, -0.2) is 13.8 Å². The van der Waals surface area contributed by atoms with E-state index >= 15 is 0 Å². The van der Waals surface area contributed by atoms with E-state index in [1.54, 1.807) is 29.0 Å². The summed E-state index contributed by atoms with van der Waals surface area (Å²) < 4.78 is 29.9. The molecule has 8 heteroatoms. The molecule has 0 radical (unpaired) electrons. The Kier molecular flexibility index (Phi) is 4.41. The minimum absolute atomic E-state index is 0.0302. The van der Waals surface area contributed by atoms with Gasteiger partial charge in [0.05, 0.1) is 21.3 Å². The van der Waals surface area contributed by atoms with Crippen LogP contribution in [0.25, 0.3) is 21.3 Å². The van der Waals surface area contributed by atoms with Crippen molar-refractivity contribution < 1.29 is 8.78 Å². The highest BCUT2D eigenvalue weighted by Gasteiger charge is 2.17. The van der Waals surface area contributed by atoms with Crippen LogP contribution in [0.5, 0.6) is 0 Å². The normalized spacial score (nSPS) is 11.2. The molecular weight excluding hydrogens is 392 g/mol. The van der Waals surface area contributed by atoms with Gasteiger partial charge in [-0.15, -0.1) is 0 Å². The topological polar surface area (TPSA) is 60.9 Å². The van der Waals surface area contributed by atoms with Gasteiger partial charge in [-0.05, 0) is 23.8 Å². The van der Waals surface area contributed by atoms with Gasteiger partial charge in [-0.2, -0.15) is 0 Å². The van der Waals surface area contributed by atoms with Gasteiger partial charge < -0.3 is 10.3 Å². The molecule has 136 valence electrons. The van der Waals surface area contributed by atoms with Crippen LogP contribution in [0.4, 0.5) is 13.9 Å². The Morgan fingerprint density at radius 3 is 2.74 bits per heavy atom. The number of anilines is 1. The number of hydrogen-bond acceptors (Lipinski definition) is 4. The van der Waals surface area contributed by atoms with Gasteiger partial charge in [0.15, 0.2) is 16.4 Å². The summed E-state index contributed by atoms with van der Waals surface area (Å²) in [5.74, 6) is -1.62. The van der Waals surface area contributed by atoms with Crippen molar-refractivity contribution in [2.24, 2.45) is 0 Å². The quantitative estimate of drug-likeness (QED) is 0.540. The van der Waals surface area contributed by atoms with Crippen molar-refractivity contribution in [2.75, 3.05) is 5.73 Å². The highest BCUT2D eigenvalue weighted by atomic mass is 35.5. The van der Waals surface area contributed by atoms with Crippen LogP contribution in [0, 0.1) is 11.6 Å². The van der Waals surface area contributed by atoms with E-state index in [-0.39, 0.29) is 23.0 Å². The van der Waals surface area contributed by atoms with Gasteiger partial charge in [0.25, 0.3) is 0 Å². The van der Waals surface area contributed by atoms with E-state index in [0.29, 0.717) is 15.0 Å². The van der Waals surface area contributed by atoms with Crippen LogP contribution in [0.2, 0.25) is 5.02 Å². The summed E-state index contributed by atoms with van der Waals surface area (Å²) in [7, 11) is 0. The average molecular weight is 404 g/mol. The molecule has 27 heavy (non-hydrogen) atoms. The van der Waals surface area contributed by atoms with Gasteiger partial charge in [0, 0.05) is 30.0 Å². The molecule has 0 aliphatic rings. The smallest absolute Gasteiger partial charge is 0.198 e. The fraction of sp³-hybridized carbons (Fsp3) is 0.0526. The van der Waals surface area contributed by atoms with E-state index < -0.39 is 17.1 Å². The molecule has 2 heterocycles. The molecule has 0 aliphatic heterocycles. The van der Waals surface area contributed by atoms with Gasteiger partial charge in [0.1, 0.15) is 5.82 Å². The van der Waals surface area contributed by atoms with Crippen molar-refractivity contribution >= 4 is 39.0 Å². The second kappa shape index (κ2) is 6.75. The fourth-order valence-corrected chi connectivity index (χ4v) is 3.90. The summed E-state index contributed by atoms with van der Waals surface area (Å²) in [5.41, 5.74) is 6.31. The van der Waals surface area contributed by atoms with Crippen molar-refractivity contribution in [2.45, 2.75) is 6.54 Å². The molecule has 4 nitrogen and oxygen atoms in total. The lowest BCUT2D eigenvalue weighted by Crippen LogP contribution is -2.14. The first-order valence-corrected chi connectivity index (χ1v) is 9.10.